The van der Waals surface area contributed by atoms with Crippen molar-refractivity contribution in [2.24, 2.45) is 0 Å². The fourth-order valence-corrected chi connectivity index (χ4v) is 2.42. The number of rotatable bonds is 5. The molecule has 2 heterocycles. The van der Waals surface area contributed by atoms with Gasteiger partial charge in [0.1, 0.15) is 12.3 Å². The molecule has 7 nitrogen and oxygen atoms in total. The van der Waals surface area contributed by atoms with Crippen LogP contribution in [0.1, 0.15) is 5.69 Å². The minimum absolute atomic E-state index is 0.0550. The third-order valence-electron chi connectivity index (χ3n) is 3.52. The Morgan fingerprint density at radius 3 is 3.05 bits per heavy atom. The first-order valence-corrected chi connectivity index (χ1v) is 7.13. The second-order valence-corrected chi connectivity index (χ2v) is 5.10. The molecule has 0 fully saturated rings. The third-order valence-corrected chi connectivity index (χ3v) is 3.52. The van der Waals surface area contributed by atoms with E-state index in [0.717, 1.165) is 17.0 Å². The smallest absolute Gasteiger partial charge is 0.246 e. The summed E-state index contributed by atoms with van der Waals surface area (Å²) in [5.74, 6) is -0.152. The Hall–Kier alpha value is -2.25. The van der Waals surface area contributed by atoms with Gasteiger partial charge in [0.25, 0.3) is 0 Å². The molecule has 1 aliphatic heterocycles. The average Bonchev–Trinajstić information content (AvgIpc) is 2.97. The molecule has 1 aromatic carbocycles. The third kappa shape index (κ3) is 3.15. The van der Waals surface area contributed by atoms with Gasteiger partial charge in [-0.1, -0.05) is 35.5 Å². The molecule has 0 spiro atoms. The summed E-state index contributed by atoms with van der Waals surface area (Å²) < 4.78 is 12.4. The summed E-state index contributed by atoms with van der Waals surface area (Å²) in [4.78, 5) is 11.4. The van der Waals surface area contributed by atoms with E-state index in [9.17, 15) is 4.79 Å². The second-order valence-electron chi connectivity index (χ2n) is 5.10. The van der Waals surface area contributed by atoms with E-state index in [1.807, 2.05) is 35.0 Å². The number of hydrogen-bond acceptors (Lipinski definition) is 5. The van der Waals surface area contributed by atoms with E-state index in [1.165, 1.54) is 7.11 Å². The van der Waals surface area contributed by atoms with Crippen molar-refractivity contribution in [3.05, 3.63) is 36.0 Å². The number of carbonyl (C=O) groups excluding carboxylic acids is 1. The van der Waals surface area contributed by atoms with E-state index >= 15 is 0 Å². The number of benzene rings is 1. The Kier molecular flexibility index (Phi) is 4.45. The lowest BCUT2D eigenvalue weighted by Crippen LogP contribution is -2.40. The summed E-state index contributed by atoms with van der Waals surface area (Å²) in [6.07, 6.45) is -0.112. The maximum atomic E-state index is 11.4. The van der Waals surface area contributed by atoms with Crippen molar-refractivity contribution in [1.29, 1.82) is 0 Å². The number of carbonyl (C=O) groups is 1. The van der Waals surface area contributed by atoms with Gasteiger partial charge in [0.2, 0.25) is 5.91 Å². The Bertz CT molecular complexity index is 641. The van der Waals surface area contributed by atoms with Crippen LogP contribution in [0.4, 0.5) is 0 Å². The number of fused-ring (bicyclic) bond motifs is 1. The number of methoxy groups -OCH3 is 1. The number of nitrogens with one attached hydrogen (secondary N) is 1. The van der Waals surface area contributed by atoms with Crippen molar-refractivity contribution in [2.45, 2.75) is 19.3 Å². The van der Waals surface area contributed by atoms with Crippen LogP contribution in [0.25, 0.3) is 11.3 Å². The molecule has 1 aliphatic rings. The SMILES string of the molecule is COCC(=O)NCC1Cn2nnc(-c3ccccc3)c2CO1. The number of hydrogen-bond donors (Lipinski definition) is 1. The Labute approximate surface area is 128 Å². The van der Waals surface area contributed by atoms with E-state index in [2.05, 4.69) is 15.6 Å². The molecule has 1 amide bonds. The van der Waals surface area contributed by atoms with Crippen molar-refractivity contribution < 1.29 is 14.3 Å². The van der Waals surface area contributed by atoms with Gasteiger partial charge in [0, 0.05) is 19.2 Å². The van der Waals surface area contributed by atoms with Gasteiger partial charge in [0.15, 0.2) is 0 Å². The molecule has 1 N–H and O–H groups in total. The average molecular weight is 302 g/mol. The highest BCUT2D eigenvalue weighted by Crippen LogP contribution is 2.24. The Morgan fingerprint density at radius 2 is 2.27 bits per heavy atom. The first-order valence-electron chi connectivity index (χ1n) is 7.13. The number of amides is 1. The molecule has 0 saturated heterocycles. The van der Waals surface area contributed by atoms with Gasteiger partial charge in [-0.2, -0.15) is 0 Å². The zero-order chi connectivity index (χ0) is 15.4. The van der Waals surface area contributed by atoms with Crippen LogP contribution >= 0.6 is 0 Å². The summed E-state index contributed by atoms with van der Waals surface area (Å²) in [5, 5.41) is 11.2. The minimum Gasteiger partial charge on any atom is -0.375 e. The Balaban J connectivity index is 1.65. The van der Waals surface area contributed by atoms with Gasteiger partial charge in [-0.25, -0.2) is 4.68 Å². The first-order chi connectivity index (χ1) is 10.8. The van der Waals surface area contributed by atoms with Crippen LogP contribution in [0.3, 0.4) is 0 Å². The van der Waals surface area contributed by atoms with Crippen molar-refractivity contribution in [2.75, 3.05) is 20.3 Å². The molecule has 1 aromatic heterocycles. The number of ether oxygens (including phenoxy) is 2. The van der Waals surface area contributed by atoms with E-state index in [0.29, 0.717) is 19.7 Å². The highest BCUT2D eigenvalue weighted by atomic mass is 16.5. The van der Waals surface area contributed by atoms with Crippen LogP contribution < -0.4 is 5.32 Å². The van der Waals surface area contributed by atoms with Crippen LogP contribution in [0.15, 0.2) is 30.3 Å². The van der Waals surface area contributed by atoms with Crippen LogP contribution in [0, 0.1) is 0 Å². The van der Waals surface area contributed by atoms with Crippen molar-refractivity contribution in [3.63, 3.8) is 0 Å². The van der Waals surface area contributed by atoms with Gasteiger partial charge < -0.3 is 14.8 Å². The van der Waals surface area contributed by atoms with E-state index in [4.69, 9.17) is 9.47 Å². The molecule has 7 heteroatoms. The maximum Gasteiger partial charge on any atom is 0.246 e. The molecule has 0 saturated carbocycles. The Morgan fingerprint density at radius 1 is 1.45 bits per heavy atom. The predicted octanol–water partition coefficient (Wildman–Crippen LogP) is 0.607. The van der Waals surface area contributed by atoms with Crippen LogP contribution in [0.2, 0.25) is 0 Å². The molecule has 3 rings (SSSR count). The quantitative estimate of drug-likeness (QED) is 0.875. The highest BCUT2D eigenvalue weighted by molar-refractivity contribution is 5.77. The molecule has 22 heavy (non-hydrogen) atoms. The molecule has 1 unspecified atom stereocenters. The number of aromatic nitrogens is 3. The summed E-state index contributed by atoms with van der Waals surface area (Å²) in [6, 6.07) is 9.91. The summed E-state index contributed by atoms with van der Waals surface area (Å²) in [7, 11) is 1.49. The maximum absolute atomic E-state index is 11.4. The fraction of sp³-hybridized carbons (Fsp3) is 0.400. The van der Waals surface area contributed by atoms with Crippen molar-refractivity contribution in [3.8, 4) is 11.3 Å². The van der Waals surface area contributed by atoms with Gasteiger partial charge >= 0.3 is 0 Å². The first kappa shape index (κ1) is 14.7. The molecule has 116 valence electrons. The van der Waals surface area contributed by atoms with E-state index < -0.39 is 0 Å². The van der Waals surface area contributed by atoms with Gasteiger partial charge in [-0.05, 0) is 0 Å². The summed E-state index contributed by atoms with van der Waals surface area (Å²) in [6.45, 7) is 1.49. The van der Waals surface area contributed by atoms with Crippen LogP contribution in [0.5, 0.6) is 0 Å². The highest BCUT2D eigenvalue weighted by Gasteiger charge is 2.24. The zero-order valence-corrected chi connectivity index (χ0v) is 12.4. The standard InChI is InChI=1S/C15H18N4O3/c1-21-10-14(20)16-7-12-8-19-13(9-22-12)15(17-18-19)11-5-3-2-4-6-11/h2-6,12H,7-10H2,1H3,(H,16,20). The monoisotopic (exact) mass is 302 g/mol. The van der Waals surface area contributed by atoms with Crippen LogP contribution in [-0.4, -0.2) is 47.3 Å². The summed E-state index contributed by atoms with van der Waals surface area (Å²) >= 11 is 0. The lowest BCUT2D eigenvalue weighted by Gasteiger charge is -2.24. The lowest BCUT2D eigenvalue weighted by molar-refractivity contribution is -0.125. The lowest BCUT2D eigenvalue weighted by atomic mass is 10.1. The van der Waals surface area contributed by atoms with Crippen LogP contribution in [-0.2, 0) is 27.4 Å². The predicted molar refractivity (Wildman–Crippen MR) is 78.9 cm³/mol. The van der Waals surface area contributed by atoms with Gasteiger partial charge in [0.05, 0.1) is 24.9 Å². The fourth-order valence-electron chi connectivity index (χ4n) is 2.42. The van der Waals surface area contributed by atoms with E-state index in [-0.39, 0.29) is 18.6 Å². The molecule has 2 aromatic rings. The van der Waals surface area contributed by atoms with Gasteiger partial charge in [-0.3, -0.25) is 4.79 Å². The topological polar surface area (TPSA) is 78.3 Å². The molecule has 0 aliphatic carbocycles. The zero-order valence-electron chi connectivity index (χ0n) is 12.4. The van der Waals surface area contributed by atoms with E-state index in [1.54, 1.807) is 0 Å². The number of nitrogens with zero attached hydrogens (tertiary/aromatic N) is 3. The largest absolute Gasteiger partial charge is 0.375 e. The van der Waals surface area contributed by atoms with Crippen molar-refractivity contribution >= 4 is 5.91 Å². The van der Waals surface area contributed by atoms with Gasteiger partial charge in [-0.15, -0.1) is 5.10 Å². The summed E-state index contributed by atoms with van der Waals surface area (Å²) in [5.41, 5.74) is 2.84. The molecule has 0 bridgehead atoms. The molecule has 1 atom stereocenters. The molecule has 0 radical (unpaired) electrons. The minimum atomic E-state index is -0.152. The second kappa shape index (κ2) is 6.67. The normalized spacial score (nSPS) is 17.0. The molecular weight excluding hydrogens is 284 g/mol. The molecular formula is C15H18N4O3. The van der Waals surface area contributed by atoms with Crippen molar-refractivity contribution in [1.82, 2.24) is 20.3 Å².